The second kappa shape index (κ2) is 5.83. The van der Waals surface area contributed by atoms with Gasteiger partial charge in [0.1, 0.15) is 12.4 Å². The summed E-state index contributed by atoms with van der Waals surface area (Å²) in [5.74, 6) is 0.819. The molecule has 0 bridgehead atoms. The van der Waals surface area contributed by atoms with Crippen LogP contribution in [0.4, 0.5) is 0 Å². The van der Waals surface area contributed by atoms with Crippen molar-refractivity contribution in [2.24, 2.45) is 0 Å². The fourth-order valence-electron chi connectivity index (χ4n) is 1.59. The first-order valence-corrected chi connectivity index (χ1v) is 6.47. The van der Waals surface area contributed by atoms with Crippen LogP contribution in [0.2, 0.25) is 0 Å². The van der Waals surface area contributed by atoms with E-state index in [1.54, 1.807) is 6.92 Å². The van der Waals surface area contributed by atoms with Gasteiger partial charge < -0.3 is 10.1 Å². The van der Waals surface area contributed by atoms with Crippen molar-refractivity contribution in [2.75, 3.05) is 0 Å². The number of nitrogens with one attached hydrogen (secondary N) is 1. The number of benzene rings is 2. The minimum atomic E-state index is 0.544. The second-order valence-corrected chi connectivity index (χ2v) is 4.98. The maximum Gasteiger partial charge on any atom is 0.119 e. The van der Waals surface area contributed by atoms with Gasteiger partial charge in [-0.1, -0.05) is 28.1 Å². The van der Waals surface area contributed by atoms with Gasteiger partial charge >= 0.3 is 0 Å². The molecule has 0 saturated carbocycles. The lowest BCUT2D eigenvalue weighted by molar-refractivity contribution is 0.306. The summed E-state index contributed by atoms with van der Waals surface area (Å²) in [4.78, 5) is 0. The fraction of sp³-hybridized carbons (Fsp3) is 0.133. The molecule has 0 aliphatic heterocycles. The highest BCUT2D eigenvalue weighted by Crippen LogP contribution is 2.16. The molecule has 0 aliphatic carbocycles. The normalized spacial score (nSPS) is 10.1. The van der Waals surface area contributed by atoms with E-state index in [9.17, 15) is 0 Å². The summed E-state index contributed by atoms with van der Waals surface area (Å²) in [6.07, 6.45) is 0. The largest absolute Gasteiger partial charge is 0.489 e. The highest BCUT2D eigenvalue weighted by atomic mass is 79.9. The van der Waals surface area contributed by atoms with Crippen molar-refractivity contribution in [3.05, 3.63) is 64.1 Å². The van der Waals surface area contributed by atoms with Gasteiger partial charge in [-0.05, 0) is 54.4 Å². The molecule has 2 rings (SSSR count). The molecule has 0 spiro atoms. The number of hydrogen-bond donors (Lipinski definition) is 1. The molecule has 3 heteroatoms. The average molecular weight is 304 g/mol. The standard InChI is InChI=1S/C15H14BrNO/c1-11(17)13-5-7-15(8-6-13)18-10-12-3-2-4-14(16)9-12/h2-9,17H,10H2,1H3. The third-order valence-electron chi connectivity index (χ3n) is 2.58. The Hall–Kier alpha value is -1.61. The van der Waals surface area contributed by atoms with E-state index in [0.29, 0.717) is 12.3 Å². The van der Waals surface area contributed by atoms with Crippen molar-refractivity contribution in [1.29, 1.82) is 5.41 Å². The van der Waals surface area contributed by atoms with Crippen LogP contribution in [0.5, 0.6) is 5.75 Å². The topological polar surface area (TPSA) is 33.1 Å². The SMILES string of the molecule is CC(=N)c1ccc(OCc2cccc(Br)c2)cc1. The van der Waals surface area contributed by atoms with Crippen LogP contribution < -0.4 is 4.74 Å². The molecule has 0 heterocycles. The lowest BCUT2D eigenvalue weighted by Crippen LogP contribution is -1.96. The van der Waals surface area contributed by atoms with E-state index >= 15 is 0 Å². The third kappa shape index (κ3) is 3.44. The molecule has 1 N–H and O–H groups in total. The molecule has 0 saturated heterocycles. The molecule has 0 amide bonds. The van der Waals surface area contributed by atoms with Gasteiger partial charge in [0.05, 0.1) is 0 Å². The van der Waals surface area contributed by atoms with Crippen molar-refractivity contribution in [3.8, 4) is 5.75 Å². The van der Waals surface area contributed by atoms with Gasteiger partial charge in [-0.3, -0.25) is 0 Å². The molecule has 2 nitrogen and oxygen atoms in total. The lowest BCUT2D eigenvalue weighted by atomic mass is 10.1. The van der Waals surface area contributed by atoms with E-state index in [4.69, 9.17) is 10.1 Å². The Morgan fingerprint density at radius 2 is 1.89 bits per heavy atom. The van der Waals surface area contributed by atoms with Gasteiger partial charge in [0.15, 0.2) is 0 Å². The van der Waals surface area contributed by atoms with Crippen molar-refractivity contribution in [1.82, 2.24) is 0 Å². The van der Waals surface area contributed by atoms with Gasteiger partial charge in [0, 0.05) is 10.2 Å². The average Bonchev–Trinajstić information content (AvgIpc) is 2.37. The predicted molar refractivity (Wildman–Crippen MR) is 77.4 cm³/mol. The van der Waals surface area contributed by atoms with Crippen molar-refractivity contribution >= 4 is 21.6 Å². The molecule has 2 aromatic rings. The van der Waals surface area contributed by atoms with E-state index in [2.05, 4.69) is 15.9 Å². The molecular weight excluding hydrogens is 290 g/mol. The molecule has 92 valence electrons. The maximum absolute atomic E-state index is 7.52. The van der Waals surface area contributed by atoms with Gasteiger partial charge in [-0.2, -0.15) is 0 Å². The molecule has 2 aromatic carbocycles. The predicted octanol–water partition coefficient (Wildman–Crippen LogP) is 4.42. The number of hydrogen-bond acceptors (Lipinski definition) is 2. The van der Waals surface area contributed by atoms with Crippen LogP contribution in [0.3, 0.4) is 0 Å². The Kier molecular flexibility index (Phi) is 4.15. The molecule has 18 heavy (non-hydrogen) atoms. The molecule has 0 aliphatic rings. The van der Waals surface area contributed by atoms with Gasteiger partial charge in [0.2, 0.25) is 0 Å². The summed E-state index contributed by atoms with van der Waals surface area (Å²) in [5.41, 5.74) is 2.61. The quantitative estimate of drug-likeness (QED) is 0.834. The molecule has 0 radical (unpaired) electrons. The van der Waals surface area contributed by atoms with Crippen molar-refractivity contribution in [2.45, 2.75) is 13.5 Å². The zero-order valence-corrected chi connectivity index (χ0v) is 11.7. The first-order chi connectivity index (χ1) is 8.65. The number of rotatable bonds is 4. The van der Waals surface area contributed by atoms with E-state index in [0.717, 1.165) is 21.3 Å². The Bertz CT molecular complexity index is 549. The summed E-state index contributed by atoms with van der Waals surface area (Å²) in [6.45, 7) is 2.32. The molecule has 0 aromatic heterocycles. The van der Waals surface area contributed by atoms with E-state index < -0.39 is 0 Å². The van der Waals surface area contributed by atoms with E-state index in [-0.39, 0.29) is 0 Å². The Morgan fingerprint density at radius 1 is 1.17 bits per heavy atom. The summed E-state index contributed by atoms with van der Waals surface area (Å²) < 4.78 is 6.74. The Morgan fingerprint density at radius 3 is 2.50 bits per heavy atom. The molecular formula is C15H14BrNO. The van der Waals surface area contributed by atoms with Gasteiger partial charge in [-0.25, -0.2) is 0 Å². The van der Waals surface area contributed by atoms with Crippen LogP contribution >= 0.6 is 15.9 Å². The summed E-state index contributed by atoms with van der Waals surface area (Å²) in [7, 11) is 0. The van der Waals surface area contributed by atoms with Crippen LogP contribution in [0.15, 0.2) is 53.0 Å². The highest BCUT2D eigenvalue weighted by Gasteiger charge is 1.98. The van der Waals surface area contributed by atoms with Crippen LogP contribution in [0, 0.1) is 5.41 Å². The van der Waals surface area contributed by atoms with Crippen LogP contribution in [-0.4, -0.2) is 5.71 Å². The zero-order valence-electron chi connectivity index (χ0n) is 10.1. The van der Waals surface area contributed by atoms with Crippen LogP contribution in [0.25, 0.3) is 0 Å². The van der Waals surface area contributed by atoms with Gasteiger partial charge in [0.25, 0.3) is 0 Å². The minimum absolute atomic E-state index is 0.544. The van der Waals surface area contributed by atoms with Crippen LogP contribution in [0.1, 0.15) is 18.1 Å². The lowest BCUT2D eigenvalue weighted by Gasteiger charge is -2.07. The molecule has 0 fully saturated rings. The van der Waals surface area contributed by atoms with E-state index in [1.165, 1.54) is 0 Å². The Balaban J connectivity index is 2.00. The third-order valence-corrected chi connectivity index (χ3v) is 3.08. The first kappa shape index (κ1) is 12.8. The molecule has 0 unspecified atom stereocenters. The minimum Gasteiger partial charge on any atom is -0.489 e. The van der Waals surface area contributed by atoms with E-state index in [1.807, 2.05) is 48.5 Å². The summed E-state index contributed by atoms with van der Waals surface area (Å²) in [5, 5.41) is 7.52. The fourth-order valence-corrected chi connectivity index (χ4v) is 2.04. The maximum atomic E-state index is 7.52. The number of halogens is 1. The molecule has 0 atom stereocenters. The van der Waals surface area contributed by atoms with Gasteiger partial charge in [-0.15, -0.1) is 0 Å². The second-order valence-electron chi connectivity index (χ2n) is 4.07. The number of ether oxygens (including phenoxy) is 1. The summed E-state index contributed by atoms with van der Waals surface area (Å²) in [6, 6.07) is 15.6. The smallest absolute Gasteiger partial charge is 0.119 e. The Labute approximate surface area is 115 Å². The highest BCUT2D eigenvalue weighted by molar-refractivity contribution is 9.10. The first-order valence-electron chi connectivity index (χ1n) is 5.68. The van der Waals surface area contributed by atoms with Crippen LogP contribution in [-0.2, 0) is 6.61 Å². The zero-order chi connectivity index (χ0) is 13.0. The monoisotopic (exact) mass is 303 g/mol. The van der Waals surface area contributed by atoms with Crippen molar-refractivity contribution in [3.63, 3.8) is 0 Å². The van der Waals surface area contributed by atoms with Crippen molar-refractivity contribution < 1.29 is 4.74 Å². The summed E-state index contributed by atoms with van der Waals surface area (Å²) >= 11 is 3.43.